The van der Waals surface area contributed by atoms with E-state index in [1.165, 1.54) is 12.1 Å². The van der Waals surface area contributed by atoms with Crippen molar-refractivity contribution in [3.05, 3.63) is 64.7 Å². The third kappa shape index (κ3) is 3.33. The maximum absolute atomic E-state index is 14.2. The van der Waals surface area contributed by atoms with E-state index in [1.54, 1.807) is 19.1 Å². The van der Waals surface area contributed by atoms with Crippen molar-refractivity contribution in [3.8, 4) is 0 Å². The van der Waals surface area contributed by atoms with Crippen LogP contribution in [0.3, 0.4) is 0 Å². The first-order chi connectivity index (χ1) is 11.7. The summed E-state index contributed by atoms with van der Waals surface area (Å²) in [5, 5.41) is 0. The third-order valence-corrected chi connectivity index (χ3v) is 6.68. The second-order valence-electron chi connectivity index (χ2n) is 6.98. The van der Waals surface area contributed by atoms with E-state index in [0.717, 1.165) is 11.6 Å². The van der Waals surface area contributed by atoms with E-state index in [4.69, 9.17) is 0 Å². The first-order valence-electron chi connectivity index (χ1n) is 8.18. The number of sulfonamides is 1. The normalized spacial score (nSPS) is 22.8. The van der Waals surface area contributed by atoms with Gasteiger partial charge in [-0.1, -0.05) is 25.1 Å². The molecule has 0 aliphatic heterocycles. The van der Waals surface area contributed by atoms with Crippen molar-refractivity contribution in [2.24, 2.45) is 5.92 Å². The zero-order valence-electron chi connectivity index (χ0n) is 14.4. The van der Waals surface area contributed by atoms with Gasteiger partial charge in [0.1, 0.15) is 11.6 Å². The molecule has 2 aromatic rings. The summed E-state index contributed by atoms with van der Waals surface area (Å²) in [5.41, 5.74) is 1.25. The molecule has 25 heavy (non-hydrogen) atoms. The van der Waals surface area contributed by atoms with Gasteiger partial charge in [-0.05, 0) is 55.0 Å². The van der Waals surface area contributed by atoms with Crippen LogP contribution < -0.4 is 4.72 Å². The molecule has 134 valence electrons. The quantitative estimate of drug-likeness (QED) is 0.875. The Kier molecular flexibility index (Phi) is 4.45. The molecule has 0 radical (unpaired) electrons. The van der Waals surface area contributed by atoms with Crippen LogP contribution in [0.4, 0.5) is 8.78 Å². The minimum absolute atomic E-state index is 0.0897. The molecule has 1 aliphatic carbocycles. The van der Waals surface area contributed by atoms with Crippen LogP contribution in [0.25, 0.3) is 0 Å². The highest BCUT2D eigenvalue weighted by Crippen LogP contribution is 2.54. The average Bonchev–Trinajstić information content (AvgIpc) is 3.19. The highest BCUT2D eigenvalue weighted by atomic mass is 32.2. The summed E-state index contributed by atoms with van der Waals surface area (Å²) in [4.78, 5) is 0.232. The Hall–Kier alpha value is -1.79. The van der Waals surface area contributed by atoms with E-state index in [1.807, 2.05) is 19.9 Å². The zero-order valence-corrected chi connectivity index (χ0v) is 15.3. The second kappa shape index (κ2) is 6.18. The number of benzene rings is 2. The fourth-order valence-electron chi connectivity index (χ4n) is 3.40. The maximum atomic E-state index is 14.2. The first-order valence-corrected chi connectivity index (χ1v) is 9.66. The standard InChI is InChI=1S/C19H21F2NO2S/c1-12-4-5-13(2)18(8-12)25(23,24)22-11-19(10-14(19)3)16-7-6-15(20)9-17(16)21/h4-9,14,22H,10-11H2,1-3H3. The van der Waals surface area contributed by atoms with Gasteiger partial charge in [0, 0.05) is 18.0 Å². The van der Waals surface area contributed by atoms with Crippen LogP contribution >= 0.6 is 0 Å². The van der Waals surface area contributed by atoms with Crippen molar-refractivity contribution in [3.63, 3.8) is 0 Å². The summed E-state index contributed by atoms with van der Waals surface area (Å²) in [5.74, 6) is -1.15. The average molecular weight is 365 g/mol. The van der Waals surface area contributed by atoms with E-state index < -0.39 is 27.1 Å². The molecule has 3 nitrogen and oxygen atoms in total. The van der Waals surface area contributed by atoms with Crippen LogP contribution in [0.1, 0.15) is 30.0 Å². The van der Waals surface area contributed by atoms with Crippen molar-refractivity contribution in [1.82, 2.24) is 4.72 Å². The number of nitrogens with one attached hydrogen (secondary N) is 1. The van der Waals surface area contributed by atoms with Crippen molar-refractivity contribution < 1.29 is 17.2 Å². The summed E-state index contributed by atoms with van der Waals surface area (Å²) in [6, 6.07) is 8.72. The van der Waals surface area contributed by atoms with Crippen LogP contribution in [-0.2, 0) is 15.4 Å². The SMILES string of the molecule is Cc1ccc(C)c(S(=O)(=O)NCC2(c3ccc(F)cc3F)CC2C)c1. The van der Waals surface area contributed by atoms with Gasteiger partial charge < -0.3 is 0 Å². The topological polar surface area (TPSA) is 46.2 Å². The summed E-state index contributed by atoms with van der Waals surface area (Å²) in [6.45, 7) is 5.60. The van der Waals surface area contributed by atoms with Gasteiger partial charge in [-0.15, -0.1) is 0 Å². The lowest BCUT2D eigenvalue weighted by Crippen LogP contribution is -2.34. The highest BCUT2D eigenvalue weighted by Gasteiger charge is 2.54. The van der Waals surface area contributed by atoms with E-state index in [9.17, 15) is 17.2 Å². The molecule has 1 fully saturated rings. The van der Waals surface area contributed by atoms with Crippen molar-refractivity contribution in [2.45, 2.75) is 37.5 Å². The van der Waals surface area contributed by atoms with Crippen molar-refractivity contribution >= 4 is 10.0 Å². The molecule has 0 saturated heterocycles. The van der Waals surface area contributed by atoms with E-state index >= 15 is 0 Å². The Morgan fingerprint density at radius 2 is 1.84 bits per heavy atom. The van der Waals surface area contributed by atoms with Gasteiger partial charge >= 0.3 is 0 Å². The van der Waals surface area contributed by atoms with Crippen LogP contribution in [0.2, 0.25) is 0 Å². The summed E-state index contributed by atoms with van der Waals surface area (Å²) in [7, 11) is -3.71. The molecule has 1 saturated carbocycles. The molecule has 1 aliphatic rings. The number of aryl methyl sites for hydroxylation is 2. The number of hydrogen-bond donors (Lipinski definition) is 1. The van der Waals surface area contributed by atoms with Crippen LogP contribution in [-0.4, -0.2) is 15.0 Å². The van der Waals surface area contributed by atoms with Gasteiger partial charge in [0.15, 0.2) is 0 Å². The predicted molar refractivity (Wildman–Crippen MR) is 92.9 cm³/mol. The van der Waals surface area contributed by atoms with Gasteiger partial charge in [-0.3, -0.25) is 0 Å². The fraction of sp³-hybridized carbons (Fsp3) is 0.368. The molecule has 2 atom stereocenters. The number of halogens is 2. The zero-order chi connectivity index (χ0) is 18.4. The Morgan fingerprint density at radius 3 is 2.44 bits per heavy atom. The fourth-order valence-corrected chi connectivity index (χ4v) is 4.83. The third-order valence-electron chi connectivity index (χ3n) is 5.13. The Labute approximate surface area is 147 Å². The van der Waals surface area contributed by atoms with Gasteiger partial charge in [0.05, 0.1) is 4.90 Å². The lowest BCUT2D eigenvalue weighted by atomic mass is 9.93. The molecular weight excluding hydrogens is 344 g/mol. The molecule has 0 amide bonds. The number of rotatable bonds is 5. The Morgan fingerprint density at radius 1 is 1.16 bits per heavy atom. The van der Waals surface area contributed by atoms with Crippen LogP contribution in [0.5, 0.6) is 0 Å². The summed E-state index contributed by atoms with van der Waals surface area (Å²) < 4.78 is 55.4. The lowest BCUT2D eigenvalue weighted by molar-refractivity contribution is 0.518. The van der Waals surface area contributed by atoms with Crippen LogP contribution in [0, 0.1) is 31.4 Å². The second-order valence-corrected chi connectivity index (χ2v) is 8.71. The van der Waals surface area contributed by atoms with Gasteiger partial charge in [-0.2, -0.15) is 0 Å². The molecule has 0 heterocycles. The van der Waals surface area contributed by atoms with Crippen LogP contribution in [0.15, 0.2) is 41.3 Å². The Balaban J connectivity index is 1.87. The predicted octanol–water partition coefficient (Wildman–Crippen LogP) is 3.84. The molecule has 3 rings (SSSR count). The summed E-state index contributed by atoms with van der Waals surface area (Å²) in [6.07, 6.45) is 0.658. The van der Waals surface area contributed by atoms with Gasteiger partial charge in [0.25, 0.3) is 0 Å². The molecule has 0 aromatic heterocycles. The molecule has 2 unspecified atom stereocenters. The minimum Gasteiger partial charge on any atom is -0.210 e. The van der Waals surface area contributed by atoms with E-state index in [-0.39, 0.29) is 17.4 Å². The highest BCUT2D eigenvalue weighted by molar-refractivity contribution is 7.89. The molecule has 1 N–H and O–H groups in total. The molecular formula is C19H21F2NO2S. The monoisotopic (exact) mass is 365 g/mol. The summed E-state index contributed by atoms with van der Waals surface area (Å²) >= 11 is 0. The maximum Gasteiger partial charge on any atom is 0.240 e. The Bertz CT molecular complexity index is 927. The van der Waals surface area contributed by atoms with Gasteiger partial charge in [-0.25, -0.2) is 21.9 Å². The number of hydrogen-bond acceptors (Lipinski definition) is 2. The lowest BCUT2D eigenvalue weighted by Gasteiger charge is -2.19. The first kappa shape index (κ1) is 18.0. The van der Waals surface area contributed by atoms with Crippen molar-refractivity contribution in [1.29, 1.82) is 0 Å². The molecule has 0 spiro atoms. The van der Waals surface area contributed by atoms with E-state index in [2.05, 4.69) is 4.72 Å². The molecule has 2 aromatic carbocycles. The molecule has 0 bridgehead atoms. The van der Waals surface area contributed by atoms with E-state index in [0.29, 0.717) is 17.5 Å². The largest absolute Gasteiger partial charge is 0.240 e. The van der Waals surface area contributed by atoms with Gasteiger partial charge in [0.2, 0.25) is 10.0 Å². The molecule has 6 heteroatoms. The smallest absolute Gasteiger partial charge is 0.210 e. The van der Waals surface area contributed by atoms with Crippen molar-refractivity contribution in [2.75, 3.05) is 6.54 Å². The minimum atomic E-state index is -3.71.